The highest BCUT2D eigenvalue weighted by Gasteiger charge is 2.63. The number of nitriles is 1. The molecule has 0 heterocycles. The molecular weight excluding hydrogens is 246 g/mol. The first kappa shape index (κ1) is 12.4. The molecule has 0 spiro atoms. The molecule has 0 amide bonds. The summed E-state index contributed by atoms with van der Waals surface area (Å²) in [6.45, 7) is 0. The van der Waals surface area contributed by atoms with Gasteiger partial charge in [-0.25, -0.2) is 0 Å². The van der Waals surface area contributed by atoms with Crippen LogP contribution in [0.4, 0.5) is 0 Å². The molecule has 4 rings (SSSR count). The van der Waals surface area contributed by atoms with E-state index in [4.69, 9.17) is 0 Å². The number of hydrogen-bond acceptors (Lipinski definition) is 2. The predicted octanol–water partition coefficient (Wildman–Crippen LogP) is 3.54. The van der Waals surface area contributed by atoms with Gasteiger partial charge in [-0.2, -0.15) is 5.26 Å². The second-order valence-electron chi connectivity index (χ2n) is 7.03. The van der Waals surface area contributed by atoms with E-state index in [-0.39, 0.29) is 0 Å². The molecule has 2 nitrogen and oxygen atoms in total. The highest BCUT2D eigenvalue weighted by molar-refractivity contribution is 5.40. The highest BCUT2D eigenvalue weighted by atomic mass is 16.3. The Balaban J connectivity index is 1.87. The molecule has 104 valence electrons. The zero-order valence-electron chi connectivity index (χ0n) is 11.8. The molecular formula is C18H21NO. The summed E-state index contributed by atoms with van der Waals surface area (Å²) < 4.78 is 0. The van der Waals surface area contributed by atoms with E-state index in [2.05, 4.69) is 18.2 Å². The van der Waals surface area contributed by atoms with Crippen LogP contribution >= 0.6 is 0 Å². The van der Waals surface area contributed by atoms with Crippen LogP contribution in [0.3, 0.4) is 0 Å². The Morgan fingerprint density at radius 2 is 2.10 bits per heavy atom. The van der Waals surface area contributed by atoms with Gasteiger partial charge in [0.2, 0.25) is 0 Å². The van der Waals surface area contributed by atoms with Gasteiger partial charge >= 0.3 is 0 Å². The minimum atomic E-state index is -0.920. The molecule has 2 saturated carbocycles. The number of benzene rings is 1. The van der Waals surface area contributed by atoms with Gasteiger partial charge in [-0.15, -0.1) is 0 Å². The molecule has 20 heavy (non-hydrogen) atoms. The Morgan fingerprint density at radius 1 is 1.25 bits per heavy atom. The van der Waals surface area contributed by atoms with Crippen molar-refractivity contribution in [2.45, 2.75) is 50.5 Å². The van der Waals surface area contributed by atoms with E-state index < -0.39 is 11.0 Å². The van der Waals surface area contributed by atoms with Gasteiger partial charge in [0.05, 0.1) is 11.5 Å². The van der Waals surface area contributed by atoms with Crippen LogP contribution in [0.15, 0.2) is 24.3 Å². The summed E-state index contributed by atoms with van der Waals surface area (Å²) >= 11 is 0. The minimum absolute atomic E-state index is 0.397. The lowest BCUT2D eigenvalue weighted by molar-refractivity contribution is -0.100. The van der Waals surface area contributed by atoms with Gasteiger partial charge in [-0.3, -0.25) is 0 Å². The number of aliphatic hydroxyl groups is 1. The van der Waals surface area contributed by atoms with Crippen molar-refractivity contribution >= 4 is 0 Å². The van der Waals surface area contributed by atoms with E-state index in [1.165, 1.54) is 12.0 Å². The van der Waals surface area contributed by atoms with Crippen LogP contribution in [0.2, 0.25) is 0 Å². The molecule has 2 fully saturated rings. The zero-order valence-corrected chi connectivity index (χ0v) is 11.8. The Bertz CT molecular complexity index is 589. The maximum absolute atomic E-state index is 11.6. The molecule has 0 aliphatic heterocycles. The SMILES string of the molecule is N#CC1(C2(O)CCCc3ccccc32)CC2CCC1C2. The fourth-order valence-corrected chi connectivity index (χ4v) is 5.34. The summed E-state index contributed by atoms with van der Waals surface area (Å²) in [7, 11) is 0. The topological polar surface area (TPSA) is 44.0 Å². The van der Waals surface area contributed by atoms with Gasteiger partial charge in [-0.05, 0) is 61.5 Å². The Morgan fingerprint density at radius 3 is 2.80 bits per heavy atom. The lowest BCUT2D eigenvalue weighted by atomic mass is 9.57. The van der Waals surface area contributed by atoms with Crippen LogP contribution in [-0.4, -0.2) is 5.11 Å². The third kappa shape index (κ3) is 1.37. The summed E-state index contributed by atoms with van der Waals surface area (Å²) in [5, 5.41) is 21.5. The molecule has 2 bridgehead atoms. The lowest BCUT2D eigenvalue weighted by Crippen LogP contribution is -2.50. The van der Waals surface area contributed by atoms with Crippen molar-refractivity contribution in [2.75, 3.05) is 0 Å². The van der Waals surface area contributed by atoms with Crippen LogP contribution in [0, 0.1) is 28.6 Å². The number of hydrogen-bond donors (Lipinski definition) is 1. The third-order valence-electron chi connectivity index (χ3n) is 6.23. The van der Waals surface area contributed by atoms with Gasteiger partial charge in [0, 0.05) is 0 Å². The lowest BCUT2D eigenvalue weighted by Gasteiger charge is -2.48. The van der Waals surface area contributed by atoms with Gasteiger partial charge in [-0.1, -0.05) is 30.7 Å². The number of nitrogens with zero attached hydrogens (tertiary/aromatic N) is 1. The fraction of sp³-hybridized carbons (Fsp3) is 0.611. The standard InChI is InChI=1S/C18H21NO/c19-12-17(11-13-7-8-15(17)10-13)18(20)9-3-5-14-4-1-2-6-16(14)18/h1-2,4,6,13,15,20H,3,5,7-11H2. The number of rotatable bonds is 1. The largest absolute Gasteiger partial charge is 0.383 e. The zero-order chi connectivity index (χ0) is 13.8. The van der Waals surface area contributed by atoms with Crippen molar-refractivity contribution in [3.05, 3.63) is 35.4 Å². The highest BCUT2D eigenvalue weighted by Crippen LogP contribution is 2.64. The van der Waals surface area contributed by atoms with E-state index in [0.717, 1.165) is 44.1 Å². The van der Waals surface area contributed by atoms with E-state index in [1.807, 2.05) is 12.1 Å². The van der Waals surface area contributed by atoms with Crippen molar-refractivity contribution in [2.24, 2.45) is 17.3 Å². The quantitative estimate of drug-likeness (QED) is 0.845. The van der Waals surface area contributed by atoms with Crippen LogP contribution < -0.4 is 0 Å². The van der Waals surface area contributed by atoms with Crippen LogP contribution in [0.25, 0.3) is 0 Å². The van der Waals surface area contributed by atoms with Crippen molar-refractivity contribution in [3.63, 3.8) is 0 Å². The summed E-state index contributed by atoms with van der Waals surface area (Å²) in [5.41, 5.74) is 0.835. The van der Waals surface area contributed by atoms with Gasteiger partial charge in [0.1, 0.15) is 5.60 Å². The van der Waals surface area contributed by atoms with Crippen molar-refractivity contribution in [1.29, 1.82) is 5.26 Å². The fourth-order valence-electron chi connectivity index (χ4n) is 5.34. The molecule has 1 aromatic carbocycles. The first-order valence-corrected chi connectivity index (χ1v) is 7.92. The van der Waals surface area contributed by atoms with Crippen molar-refractivity contribution in [1.82, 2.24) is 0 Å². The van der Waals surface area contributed by atoms with Crippen molar-refractivity contribution < 1.29 is 5.11 Å². The molecule has 3 aliphatic rings. The first-order valence-electron chi connectivity index (χ1n) is 7.92. The molecule has 3 aliphatic carbocycles. The van der Waals surface area contributed by atoms with Crippen LogP contribution in [-0.2, 0) is 12.0 Å². The number of aryl methyl sites for hydroxylation is 1. The van der Waals surface area contributed by atoms with E-state index in [1.54, 1.807) is 0 Å². The van der Waals surface area contributed by atoms with E-state index in [9.17, 15) is 10.4 Å². The Labute approximate surface area is 120 Å². The molecule has 2 heteroatoms. The molecule has 4 atom stereocenters. The Hall–Kier alpha value is -1.33. The Kier molecular flexibility index (Phi) is 2.54. The summed E-state index contributed by atoms with van der Waals surface area (Å²) in [5.74, 6) is 1.06. The number of fused-ring (bicyclic) bond motifs is 3. The second kappa shape index (κ2) is 4.09. The molecule has 0 saturated heterocycles. The van der Waals surface area contributed by atoms with Gasteiger partial charge in [0.15, 0.2) is 0 Å². The molecule has 1 aromatic rings. The summed E-state index contributed by atoms with van der Waals surface area (Å²) in [4.78, 5) is 0. The monoisotopic (exact) mass is 267 g/mol. The molecule has 1 N–H and O–H groups in total. The predicted molar refractivity (Wildman–Crippen MR) is 76.8 cm³/mol. The summed E-state index contributed by atoms with van der Waals surface area (Å²) in [6, 6.07) is 10.8. The third-order valence-corrected chi connectivity index (χ3v) is 6.23. The van der Waals surface area contributed by atoms with E-state index in [0.29, 0.717) is 11.8 Å². The average molecular weight is 267 g/mol. The maximum atomic E-state index is 11.6. The van der Waals surface area contributed by atoms with Crippen LogP contribution in [0.5, 0.6) is 0 Å². The summed E-state index contributed by atoms with van der Waals surface area (Å²) in [6.07, 6.45) is 7.22. The second-order valence-corrected chi connectivity index (χ2v) is 7.03. The molecule has 0 aromatic heterocycles. The molecule has 4 unspecified atom stereocenters. The van der Waals surface area contributed by atoms with Crippen LogP contribution in [0.1, 0.15) is 49.7 Å². The van der Waals surface area contributed by atoms with E-state index >= 15 is 0 Å². The average Bonchev–Trinajstić information content (AvgIpc) is 3.09. The maximum Gasteiger partial charge on any atom is 0.109 e. The normalized spacial score (nSPS) is 42.2. The van der Waals surface area contributed by atoms with Gasteiger partial charge in [0.25, 0.3) is 0 Å². The first-order chi connectivity index (χ1) is 9.69. The van der Waals surface area contributed by atoms with Crippen molar-refractivity contribution in [3.8, 4) is 6.07 Å². The smallest absolute Gasteiger partial charge is 0.109 e. The van der Waals surface area contributed by atoms with Gasteiger partial charge < -0.3 is 5.11 Å². The molecule has 0 radical (unpaired) electrons. The minimum Gasteiger partial charge on any atom is -0.383 e.